The highest BCUT2D eigenvalue weighted by Crippen LogP contribution is 2.37. The van der Waals surface area contributed by atoms with Crippen molar-refractivity contribution in [2.75, 3.05) is 0 Å². The quantitative estimate of drug-likeness (QED) is 0.708. The van der Waals surface area contributed by atoms with Gasteiger partial charge in [-0.1, -0.05) is 29.8 Å². The smallest absolute Gasteiger partial charge is 0.179 e. The van der Waals surface area contributed by atoms with Gasteiger partial charge >= 0.3 is 0 Å². The number of hydrogen-bond donors (Lipinski definition) is 1. The second-order valence-electron chi connectivity index (χ2n) is 4.08. The molecule has 1 heterocycles. The maximum atomic E-state index is 11.7. The topological polar surface area (TPSA) is 45.8 Å². The molecule has 0 saturated heterocycles. The number of Topliss-reactive ketones (excluding diaryl/α,β-unsaturated/α-hetero) is 1. The Bertz CT molecular complexity index is 356. The number of ketones is 1. The Hall–Kier alpha value is -0.640. The van der Waals surface area contributed by atoms with E-state index in [1.807, 2.05) is 0 Å². The van der Waals surface area contributed by atoms with Gasteiger partial charge in [-0.15, -0.1) is 0 Å². The first kappa shape index (κ1) is 8.94. The van der Waals surface area contributed by atoms with E-state index in [4.69, 9.17) is 0 Å². The van der Waals surface area contributed by atoms with E-state index in [0.717, 1.165) is 17.7 Å². The van der Waals surface area contributed by atoms with Gasteiger partial charge in [0, 0.05) is 5.41 Å². The number of alkyl halides is 1. The van der Waals surface area contributed by atoms with Gasteiger partial charge < -0.3 is 0 Å². The van der Waals surface area contributed by atoms with Crippen LogP contribution in [0.5, 0.6) is 0 Å². The van der Waals surface area contributed by atoms with Crippen molar-refractivity contribution in [2.45, 2.75) is 30.5 Å². The number of rotatable bonds is 0. The predicted octanol–water partition coefficient (Wildman–Crippen LogP) is 2.04. The van der Waals surface area contributed by atoms with Gasteiger partial charge in [0.1, 0.15) is 0 Å². The Kier molecular flexibility index (Phi) is 1.84. The summed E-state index contributed by atoms with van der Waals surface area (Å²) in [5.74, 6) is 0.142. The number of fused-ring (bicyclic) bond motifs is 1. The number of carbonyl (C=O) groups is 1. The molecule has 1 atom stereocenters. The lowest BCUT2D eigenvalue weighted by atomic mass is 9.76. The average molecular weight is 243 g/mol. The van der Waals surface area contributed by atoms with E-state index in [-0.39, 0.29) is 16.0 Å². The first-order valence-corrected chi connectivity index (χ1v) is 5.16. The van der Waals surface area contributed by atoms with Crippen molar-refractivity contribution in [3.05, 3.63) is 17.5 Å². The number of halogens is 1. The Morgan fingerprint density at radius 1 is 1.69 bits per heavy atom. The summed E-state index contributed by atoms with van der Waals surface area (Å²) in [6.07, 6.45) is 2.44. The molecule has 0 fully saturated rings. The maximum absolute atomic E-state index is 11.7. The zero-order valence-corrected chi connectivity index (χ0v) is 9.18. The number of aromatic nitrogens is 2. The Morgan fingerprint density at radius 3 is 3.08 bits per heavy atom. The van der Waals surface area contributed by atoms with Crippen LogP contribution in [0.25, 0.3) is 0 Å². The maximum Gasteiger partial charge on any atom is 0.179 e. The van der Waals surface area contributed by atoms with Crippen LogP contribution in [0.2, 0.25) is 0 Å². The van der Waals surface area contributed by atoms with Crippen molar-refractivity contribution >= 4 is 21.7 Å². The molecule has 4 heteroatoms. The molecule has 1 unspecified atom stereocenters. The second-order valence-corrected chi connectivity index (χ2v) is 5.18. The van der Waals surface area contributed by atoms with E-state index in [9.17, 15) is 4.79 Å². The third-order valence-electron chi connectivity index (χ3n) is 2.56. The summed E-state index contributed by atoms with van der Waals surface area (Å²) in [5.41, 5.74) is 1.71. The minimum Gasteiger partial charge on any atom is -0.293 e. The number of aromatic amines is 1. The van der Waals surface area contributed by atoms with Gasteiger partial charge in [0.05, 0.1) is 22.3 Å². The molecule has 0 spiro atoms. The number of hydrogen-bond acceptors (Lipinski definition) is 2. The van der Waals surface area contributed by atoms with E-state index in [1.54, 1.807) is 6.20 Å². The van der Waals surface area contributed by atoms with Gasteiger partial charge in [0.25, 0.3) is 0 Å². The Morgan fingerprint density at radius 2 is 2.38 bits per heavy atom. The fraction of sp³-hybridized carbons (Fsp3) is 0.556. The van der Waals surface area contributed by atoms with Crippen molar-refractivity contribution in [2.24, 2.45) is 0 Å². The molecule has 0 saturated carbocycles. The molecule has 70 valence electrons. The third-order valence-corrected chi connectivity index (χ3v) is 3.30. The molecule has 0 amide bonds. The molecular weight excluding hydrogens is 232 g/mol. The Labute approximate surface area is 85.0 Å². The molecule has 0 radical (unpaired) electrons. The molecule has 2 rings (SSSR count). The zero-order chi connectivity index (χ0) is 9.64. The van der Waals surface area contributed by atoms with Gasteiger partial charge in [0.2, 0.25) is 0 Å². The van der Waals surface area contributed by atoms with Crippen LogP contribution in [0.15, 0.2) is 6.20 Å². The number of H-pyrrole nitrogens is 1. The first-order valence-electron chi connectivity index (χ1n) is 4.24. The van der Waals surface area contributed by atoms with Crippen LogP contribution in [-0.4, -0.2) is 20.8 Å². The highest BCUT2D eigenvalue weighted by molar-refractivity contribution is 9.10. The van der Waals surface area contributed by atoms with Gasteiger partial charge in [-0.25, -0.2) is 0 Å². The fourth-order valence-corrected chi connectivity index (χ4v) is 2.86. The molecule has 13 heavy (non-hydrogen) atoms. The summed E-state index contributed by atoms with van der Waals surface area (Å²) in [5, 5.41) is 6.82. The molecule has 0 aliphatic heterocycles. The molecule has 1 aliphatic carbocycles. The van der Waals surface area contributed by atoms with Crippen LogP contribution in [0.3, 0.4) is 0 Å². The lowest BCUT2D eigenvalue weighted by molar-refractivity contribution is 0.0967. The van der Waals surface area contributed by atoms with Gasteiger partial charge in [-0.05, 0) is 6.42 Å². The van der Waals surface area contributed by atoms with Crippen molar-refractivity contribution in [3.8, 4) is 0 Å². The monoisotopic (exact) mass is 242 g/mol. The Balaban J connectivity index is 2.57. The van der Waals surface area contributed by atoms with Crippen LogP contribution in [-0.2, 0) is 5.41 Å². The molecule has 1 aromatic rings. The number of nitrogens with one attached hydrogen (secondary N) is 1. The second kappa shape index (κ2) is 2.67. The highest BCUT2D eigenvalue weighted by Gasteiger charge is 2.38. The highest BCUT2D eigenvalue weighted by atomic mass is 79.9. The van der Waals surface area contributed by atoms with Crippen molar-refractivity contribution in [1.29, 1.82) is 0 Å². The van der Waals surface area contributed by atoms with Crippen LogP contribution >= 0.6 is 15.9 Å². The van der Waals surface area contributed by atoms with Gasteiger partial charge in [0.15, 0.2) is 5.78 Å². The standard InChI is InChI=1S/C9H11BrN2O/c1-9(2)3-6(10)7(13)5-4-11-12-8(5)9/h4,6H,3H2,1-2H3,(H,11,12). The van der Waals surface area contributed by atoms with E-state index < -0.39 is 0 Å². The fourth-order valence-electron chi connectivity index (χ4n) is 1.80. The SMILES string of the molecule is CC1(C)CC(Br)C(=O)c2cn[nH]c21. The normalized spacial score (nSPS) is 25.8. The molecule has 1 aliphatic rings. The van der Waals surface area contributed by atoms with Gasteiger partial charge in [-0.2, -0.15) is 5.10 Å². The van der Waals surface area contributed by atoms with Crippen molar-refractivity contribution < 1.29 is 4.79 Å². The number of carbonyl (C=O) groups excluding carboxylic acids is 1. The number of nitrogens with zero attached hydrogens (tertiary/aromatic N) is 1. The van der Waals surface area contributed by atoms with Crippen LogP contribution in [0, 0.1) is 0 Å². The molecular formula is C9H11BrN2O. The third kappa shape index (κ3) is 1.24. The molecule has 1 aromatic heterocycles. The first-order chi connectivity index (χ1) is 6.02. The van der Waals surface area contributed by atoms with Crippen LogP contribution in [0.1, 0.15) is 36.3 Å². The summed E-state index contributed by atoms with van der Waals surface area (Å²) < 4.78 is 0. The summed E-state index contributed by atoms with van der Waals surface area (Å²) in [6, 6.07) is 0. The lowest BCUT2D eigenvalue weighted by Gasteiger charge is -2.30. The average Bonchev–Trinajstić information content (AvgIpc) is 2.48. The lowest BCUT2D eigenvalue weighted by Crippen LogP contribution is -2.34. The molecule has 1 N–H and O–H groups in total. The summed E-state index contributed by atoms with van der Waals surface area (Å²) in [4.78, 5) is 11.6. The summed E-state index contributed by atoms with van der Waals surface area (Å²) in [6.45, 7) is 4.23. The van der Waals surface area contributed by atoms with Gasteiger partial charge in [-0.3, -0.25) is 9.89 Å². The minimum absolute atomic E-state index is 0.00785. The van der Waals surface area contributed by atoms with Crippen molar-refractivity contribution in [3.63, 3.8) is 0 Å². The summed E-state index contributed by atoms with van der Waals surface area (Å²) in [7, 11) is 0. The van der Waals surface area contributed by atoms with E-state index in [1.165, 1.54) is 0 Å². The van der Waals surface area contributed by atoms with Crippen LogP contribution in [0.4, 0.5) is 0 Å². The van der Waals surface area contributed by atoms with Crippen molar-refractivity contribution in [1.82, 2.24) is 10.2 Å². The molecule has 0 bridgehead atoms. The van der Waals surface area contributed by atoms with E-state index in [0.29, 0.717) is 0 Å². The molecule has 0 aromatic carbocycles. The predicted molar refractivity (Wildman–Crippen MR) is 53.3 cm³/mol. The zero-order valence-electron chi connectivity index (χ0n) is 7.60. The largest absolute Gasteiger partial charge is 0.293 e. The van der Waals surface area contributed by atoms with Crippen LogP contribution < -0.4 is 0 Å². The summed E-state index contributed by atoms with van der Waals surface area (Å²) >= 11 is 3.39. The molecule has 3 nitrogen and oxygen atoms in total. The van der Waals surface area contributed by atoms with E-state index in [2.05, 4.69) is 40.0 Å². The minimum atomic E-state index is -0.0624. The van der Waals surface area contributed by atoms with E-state index >= 15 is 0 Å².